The van der Waals surface area contributed by atoms with Crippen LogP contribution in [-0.2, 0) is 6.54 Å². The molecule has 0 aromatic carbocycles. The van der Waals surface area contributed by atoms with Gasteiger partial charge in [0.1, 0.15) is 0 Å². The second-order valence-corrected chi connectivity index (χ2v) is 4.94. The molecule has 1 aliphatic heterocycles. The zero-order chi connectivity index (χ0) is 11.5. The molecule has 3 unspecified atom stereocenters. The third-order valence-corrected chi connectivity index (χ3v) is 3.62. The fourth-order valence-electron chi connectivity index (χ4n) is 2.89. The monoisotopic (exact) mass is 221 g/mol. The van der Waals surface area contributed by atoms with E-state index in [-0.39, 0.29) is 0 Å². The number of aryl methyl sites for hydroxylation is 1. The van der Waals surface area contributed by atoms with Gasteiger partial charge in [-0.2, -0.15) is 0 Å². The van der Waals surface area contributed by atoms with Crippen LogP contribution in [0.15, 0.2) is 12.5 Å². The fourth-order valence-corrected chi connectivity index (χ4v) is 2.89. The van der Waals surface area contributed by atoms with E-state index >= 15 is 0 Å². The molecular weight excluding hydrogens is 198 g/mol. The van der Waals surface area contributed by atoms with E-state index in [0.717, 1.165) is 6.54 Å². The van der Waals surface area contributed by atoms with Crippen LogP contribution >= 0.6 is 0 Å². The Labute approximate surface area is 98.3 Å². The van der Waals surface area contributed by atoms with Crippen molar-refractivity contribution in [3.63, 3.8) is 0 Å². The molecule has 0 bridgehead atoms. The smallest absolute Gasteiger partial charge is 0.0948 e. The molecular formula is C13H23N3. The van der Waals surface area contributed by atoms with E-state index in [4.69, 9.17) is 0 Å². The highest BCUT2D eigenvalue weighted by Gasteiger charge is 2.32. The van der Waals surface area contributed by atoms with E-state index in [1.165, 1.54) is 25.0 Å². The molecule has 1 saturated heterocycles. The summed E-state index contributed by atoms with van der Waals surface area (Å²) in [5, 5.41) is 3.67. The van der Waals surface area contributed by atoms with Crippen molar-refractivity contribution in [3.8, 4) is 0 Å². The van der Waals surface area contributed by atoms with Crippen molar-refractivity contribution in [3.05, 3.63) is 18.2 Å². The van der Waals surface area contributed by atoms with Crippen LogP contribution in [0.2, 0.25) is 0 Å². The molecule has 0 saturated carbocycles. The Morgan fingerprint density at radius 3 is 3.00 bits per heavy atom. The van der Waals surface area contributed by atoms with Crippen LogP contribution in [0.5, 0.6) is 0 Å². The SMILES string of the molecule is CCCn1cncc1C1CC(C)NC1CC. The van der Waals surface area contributed by atoms with E-state index in [9.17, 15) is 0 Å². The molecule has 3 atom stereocenters. The van der Waals surface area contributed by atoms with Crippen LogP contribution in [0.4, 0.5) is 0 Å². The summed E-state index contributed by atoms with van der Waals surface area (Å²) in [6.45, 7) is 7.86. The maximum absolute atomic E-state index is 4.31. The molecule has 1 aliphatic rings. The molecule has 3 nitrogen and oxygen atoms in total. The van der Waals surface area contributed by atoms with Crippen molar-refractivity contribution in [1.82, 2.24) is 14.9 Å². The lowest BCUT2D eigenvalue weighted by molar-refractivity contribution is 0.493. The number of aromatic nitrogens is 2. The van der Waals surface area contributed by atoms with Crippen LogP contribution < -0.4 is 5.32 Å². The minimum absolute atomic E-state index is 0.627. The van der Waals surface area contributed by atoms with Crippen LogP contribution in [-0.4, -0.2) is 21.6 Å². The topological polar surface area (TPSA) is 29.9 Å². The Hall–Kier alpha value is -0.830. The van der Waals surface area contributed by atoms with E-state index in [1.54, 1.807) is 0 Å². The standard InChI is InChI=1S/C13H23N3/c1-4-6-16-9-14-8-13(16)11-7-10(3)15-12(11)5-2/h8-12,15H,4-7H2,1-3H3. The van der Waals surface area contributed by atoms with Gasteiger partial charge in [-0.1, -0.05) is 13.8 Å². The van der Waals surface area contributed by atoms with Gasteiger partial charge in [0.25, 0.3) is 0 Å². The molecule has 1 aromatic rings. The highest BCUT2D eigenvalue weighted by Crippen LogP contribution is 2.32. The van der Waals surface area contributed by atoms with Gasteiger partial charge in [-0.25, -0.2) is 4.98 Å². The minimum atomic E-state index is 0.627. The van der Waals surface area contributed by atoms with Crippen LogP contribution in [0.3, 0.4) is 0 Å². The molecule has 0 aliphatic carbocycles. The number of nitrogens with zero attached hydrogens (tertiary/aromatic N) is 2. The first kappa shape index (κ1) is 11.6. The second kappa shape index (κ2) is 5.00. The molecule has 1 fully saturated rings. The molecule has 16 heavy (non-hydrogen) atoms. The summed E-state index contributed by atoms with van der Waals surface area (Å²) in [5.41, 5.74) is 1.42. The Morgan fingerprint density at radius 2 is 2.31 bits per heavy atom. The maximum Gasteiger partial charge on any atom is 0.0948 e. The molecule has 0 spiro atoms. The summed E-state index contributed by atoms with van der Waals surface area (Å²) >= 11 is 0. The highest BCUT2D eigenvalue weighted by atomic mass is 15.1. The van der Waals surface area contributed by atoms with Crippen molar-refractivity contribution >= 4 is 0 Å². The number of rotatable bonds is 4. The van der Waals surface area contributed by atoms with Crippen LogP contribution in [0, 0.1) is 0 Å². The summed E-state index contributed by atoms with van der Waals surface area (Å²) in [6, 6.07) is 1.27. The molecule has 1 aromatic heterocycles. The normalized spacial score (nSPS) is 29.8. The molecule has 3 heteroatoms. The summed E-state index contributed by atoms with van der Waals surface area (Å²) in [6.07, 6.45) is 7.66. The zero-order valence-corrected chi connectivity index (χ0v) is 10.6. The number of nitrogens with one attached hydrogen (secondary N) is 1. The Bertz CT molecular complexity index is 332. The first-order valence-electron chi connectivity index (χ1n) is 6.52. The lowest BCUT2D eigenvalue weighted by Gasteiger charge is -2.19. The highest BCUT2D eigenvalue weighted by molar-refractivity contribution is 5.13. The third-order valence-electron chi connectivity index (χ3n) is 3.62. The van der Waals surface area contributed by atoms with Crippen LogP contribution in [0.1, 0.15) is 51.6 Å². The van der Waals surface area contributed by atoms with Crippen LogP contribution in [0.25, 0.3) is 0 Å². The minimum Gasteiger partial charge on any atom is -0.334 e. The molecule has 0 radical (unpaired) electrons. The van der Waals surface area contributed by atoms with Gasteiger partial charge in [-0.05, 0) is 26.2 Å². The van der Waals surface area contributed by atoms with Gasteiger partial charge in [0.15, 0.2) is 0 Å². The lowest BCUT2D eigenvalue weighted by Crippen LogP contribution is -2.29. The molecule has 0 amide bonds. The number of hydrogen-bond acceptors (Lipinski definition) is 2. The number of hydrogen-bond donors (Lipinski definition) is 1. The first-order valence-corrected chi connectivity index (χ1v) is 6.52. The summed E-state index contributed by atoms with van der Waals surface area (Å²) in [5.74, 6) is 0.647. The average molecular weight is 221 g/mol. The Balaban J connectivity index is 2.18. The first-order chi connectivity index (χ1) is 7.76. The summed E-state index contributed by atoms with van der Waals surface area (Å²) < 4.78 is 2.33. The van der Waals surface area contributed by atoms with Gasteiger partial charge < -0.3 is 9.88 Å². The predicted molar refractivity (Wildman–Crippen MR) is 66.6 cm³/mol. The van der Waals surface area contributed by atoms with Gasteiger partial charge in [0, 0.05) is 36.4 Å². The van der Waals surface area contributed by atoms with E-state index in [1.807, 2.05) is 6.33 Å². The Kier molecular flexibility index (Phi) is 3.64. The van der Waals surface area contributed by atoms with Crippen molar-refractivity contribution in [1.29, 1.82) is 0 Å². The van der Waals surface area contributed by atoms with Gasteiger partial charge in [0.05, 0.1) is 6.33 Å². The predicted octanol–water partition coefficient (Wildman–Crippen LogP) is 2.54. The molecule has 2 heterocycles. The van der Waals surface area contributed by atoms with Crippen molar-refractivity contribution in [2.24, 2.45) is 0 Å². The molecule has 1 N–H and O–H groups in total. The quantitative estimate of drug-likeness (QED) is 0.846. The Morgan fingerprint density at radius 1 is 1.50 bits per heavy atom. The maximum atomic E-state index is 4.31. The van der Waals surface area contributed by atoms with Gasteiger partial charge in [0.2, 0.25) is 0 Å². The summed E-state index contributed by atoms with van der Waals surface area (Å²) in [4.78, 5) is 4.31. The van der Waals surface area contributed by atoms with Gasteiger partial charge in [-0.3, -0.25) is 0 Å². The van der Waals surface area contributed by atoms with Crippen molar-refractivity contribution < 1.29 is 0 Å². The zero-order valence-electron chi connectivity index (χ0n) is 10.6. The third kappa shape index (κ3) is 2.14. The molecule has 90 valence electrons. The summed E-state index contributed by atoms with van der Waals surface area (Å²) in [7, 11) is 0. The van der Waals surface area contributed by atoms with Gasteiger partial charge in [-0.15, -0.1) is 0 Å². The largest absolute Gasteiger partial charge is 0.334 e. The van der Waals surface area contributed by atoms with Crippen molar-refractivity contribution in [2.75, 3.05) is 0 Å². The average Bonchev–Trinajstić information content (AvgIpc) is 2.84. The van der Waals surface area contributed by atoms with E-state index in [2.05, 4.69) is 41.8 Å². The second-order valence-electron chi connectivity index (χ2n) is 4.94. The van der Waals surface area contributed by atoms with E-state index < -0.39 is 0 Å². The van der Waals surface area contributed by atoms with Gasteiger partial charge >= 0.3 is 0 Å². The lowest BCUT2D eigenvalue weighted by atomic mass is 9.94. The number of imidazole rings is 1. The fraction of sp³-hybridized carbons (Fsp3) is 0.769. The van der Waals surface area contributed by atoms with Crippen molar-refractivity contribution in [2.45, 2.75) is 64.6 Å². The molecule has 2 rings (SSSR count). The van der Waals surface area contributed by atoms with E-state index in [0.29, 0.717) is 18.0 Å².